The number of anilines is 2. The second-order valence-corrected chi connectivity index (χ2v) is 6.07. The number of aryl methyl sites for hydroxylation is 1. The fraction of sp³-hybridized carbons (Fsp3) is 0.444. The Morgan fingerprint density at radius 2 is 1.92 bits per heavy atom. The number of aromatic nitrogens is 3. The van der Waals surface area contributed by atoms with Crippen LogP contribution in [0.3, 0.4) is 0 Å². The van der Waals surface area contributed by atoms with Gasteiger partial charge in [0.1, 0.15) is 5.82 Å². The van der Waals surface area contributed by atoms with Gasteiger partial charge in [0, 0.05) is 56.9 Å². The topological polar surface area (TPSA) is 83.5 Å². The molecule has 8 nitrogen and oxygen atoms in total. The zero-order valence-corrected chi connectivity index (χ0v) is 15.2. The van der Waals surface area contributed by atoms with Gasteiger partial charge in [-0.1, -0.05) is 0 Å². The second kappa shape index (κ2) is 8.46. The molecule has 0 atom stereocenters. The molecule has 8 heteroatoms. The fourth-order valence-electron chi connectivity index (χ4n) is 2.81. The number of carbonyl (C=O) groups is 1. The van der Waals surface area contributed by atoms with Gasteiger partial charge < -0.3 is 19.9 Å². The molecule has 2 aromatic rings. The fourth-order valence-corrected chi connectivity index (χ4v) is 2.81. The van der Waals surface area contributed by atoms with Gasteiger partial charge in [-0.2, -0.15) is 4.98 Å². The van der Waals surface area contributed by atoms with Crippen molar-refractivity contribution in [1.29, 1.82) is 0 Å². The van der Waals surface area contributed by atoms with Gasteiger partial charge in [0.05, 0.1) is 6.61 Å². The van der Waals surface area contributed by atoms with E-state index in [1.165, 1.54) is 0 Å². The minimum absolute atomic E-state index is 0.245. The Labute approximate surface area is 153 Å². The molecule has 0 aromatic carbocycles. The van der Waals surface area contributed by atoms with E-state index in [2.05, 4.69) is 25.2 Å². The summed E-state index contributed by atoms with van der Waals surface area (Å²) in [6.45, 7) is 7.51. The van der Waals surface area contributed by atoms with Crippen LogP contribution in [0, 0.1) is 6.92 Å². The third-order valence-corrected chi connectivity index (χ3v) is 4.17. The molecule has 1 aliphatic heterocycles. The number of nitrogens with one attached hydrogen (secondary N) is 1. The van der Waals surface area contributed by atoms with E-state index in [0.717, 1.165) is 30.2 Å². The predicted octanol–water partition coefficient (Wildman–Crippen LogP) is 2.07. The Morgan fingerprint density at radius 1 is 1.19 bits per heavy atom. The van der Waals surface area contributed by atoms with Crippen molar-refractivity contribution < 1.29 is 9.53 Å². The maximum absolute atomic E-state index is 11.8. The standard InChI is InChI=1S/C18H24N6O2/c1-3-26-18(25)24-10-8-23(9-11-24)16-12-14(2)21-17(22-16)20-13-15-4-6-19-7-5-15/h4-7,12H,3,8-11,13H2,1-2H3,(H,20,21,22). The molecule has 0 radical (unpaired) electrons. The highest BCUT2D eigenvalue weighted by molar-refractivity contribution is 5.68. The first kappa shape index (κ1) is 17.9. The maximum Gasteiger partial charge on any atom is 0.409 e. The molecule has 3 rings (SSSR count). The minimum Gasteiger partial charge on any atom is -0.450 e. The minimum atomic E-state index is -0.245. The molecule has 3 heterocycles. The SMILES string of the molecule is CCOC(=O)N1CCN(c2cc(C)nc(NCc3ccncc3)n2)CC1. The average molecular weight is 356 g/mol. The largest absolute Gasteiger partial charge is 0.450 e. The molecule has 138 valence electrons. The van der Waals surface area contributed by atoms with Crippen molar-refractivity contribution in [3.63, 3.8) is 0 Å². The summed E-state index contributed by atoms with van der Waals surface area (Å²) in [7, 11) is 0. The summed E-state index contributed by atoms with van der Waals surface area (Å²) in [5.41, 5.74) is 2.02. The third-order valence-electron chi connectivity index (χ3n) is 4.17. The lowest BCUT2D eigenvalue weighted by molar-refractivity contribution is 0.105. The van der Waals surface area contributed by atoms with E-state index >= 15 is 0 Å². The van der Waals surface area contributed by atoms with E-state index in [9.17, 15) is 4.79 Å². The lowest BCUT2D eigenvalue weighted by Gasteiger charge is -2.34. The number of piperazine rings is 1. The highest BCUT2D eigenvalue weighted by Crippen LogP contribution is 2.17. The lowest BCUT2D eigenvalue weighted by Crippen LogP contribution is -2.49. The molecule has 0 saturated carbocycles. The third kappa shape index (κ3) is 4.59. The van der Waals surface area contributed by atoms with Crippen LogP contribution in [0.15, 0.2) is 30.6 Å². The normalized spacial score (nSPS) is 14.2. The van der Waals surface area contributed by atoms with E-state index < -0.39 is 0 Å². The molecular weight excluding hydrogens is 332 g/mol. The van der Waals surface area contributed by atoms with Crippen LogP contribution in [0.2, 0.25) is 0 Å². The van der Waals surface area contributed by atoms with Crippen LogP contribution < -0.4 is 10.2 Å². The monoisotopic (exact) mass is 356 g/mol. The molecule has 1 N–H and O–H groups in total. The van der Waals surface area contributed by atoms with Crippen LogP contribution in [0.25, 0.3) is 0 Å². The number of nitrogens with zero attached hydrogens (tertiary/aromatic N) is 5. The molecule has 1 saturated heterocycles. The van der Waals surface area contributed by atoms with Gasteiger partial charge in [-0.25, -0.2) is 9.78 Å². The molecule has 0 bridgehead atoms. The van der Waals surface area contributed by atoms with Crippen molar-refractivity contribution in [2.45, 2.75) is 20.4 Å². The Bertz CT molecular complexity index is 732. The number of hydrogen-bond donors (Lipinski definition) is 1. The molecule has 0 unspecified atom stereocenters. The van der Waals surface area contributed by atoms with Crippen LogP contribution in [0.4, 0.5) is 16.6 Å². The first-order chi connectivity index (χ1) is 12.7. The van der Waals surface area contributed by atoms with E-state index in [-0.39, 0.29) is 6.09 Å². The number of amides is 1. The predicted molar refractivity (Wildman–Crippen MR) is 99.1 cm³/mol. The van der Waals surface area contributed by atoms with Gasteiger partial charge in [0.15, 0.2) is 0 Å². The molecule has 1 aliphatic rings. The van der Waals surface area contributed by atoms with Crippen LogP contribution in [0.5, 0.6) is 0 Å². The molecule has 1 amide bonds. The number of ether oxygens (including phenoxy) is 1. The van der Waals surface area contributed by atoms with E-state index in [4.69, 9.17) is 4.74 Å². The van der Waals surface area contributed by atoms with Crippen LogP contribution in [0.1, 0.15) is 18.2 Å². The molecular formula is C18H24N6O2. The van der Waals surface area contributed by atoms with Gasteiger partial charge in [-0.05, 0) is 31.5 Å². The molecule has 1 fully saturated rings. The quantitative estimate of drug-likeness (QED) is 0.878. The van der Waals surface area contributed by atoms with Crippen molar-refractivity contribution in [2.75, 3.05) is 43.0 Å². The van der Waals surface area contributed by atoms with Crippen LogP contribution in [-0.4, -0.2) is 58.7 Å². The first-order valence-electron chi connectivity index (χ1n) is 8.81. The van der Waals surface area contributed by atoms with Gasteiger partial charge in [-0.15, -0.1) is 0 Å². The number of pyridine rings is 1. The highest BCUT2D eigenvalue weighted by atomic mass is 16.6. The molecule has 2 aromatic heterocycles. The van der Waals surface area contributed by atoms with Crippen molar-refractivity contribution in [2.24, 2.45) is 0 Å². The zero-order valence-electron chi connectivity index (χ0n) is 15.2. The van der Waals surface area contributed by atoms with Gasteiger partial charge in [-0.3, -0.25) is 4.98 Å². The zero-order chi connectivity index (χ0) is 18.4. The van der Waals surface area contributed by atoms with Crippen molar-refractivity contribution in [3.05, 3.63) is 41.9 Å². The van der Waals surface area contributed by atoms with E-state index in [0.29, 0.717) is 32.2 Å². The highest BCUT2D eigenvalue weighted by Gasteiger charge is 2.23. The molecule has 26 heavy (non-hydrogen) atoms. The average Bonchev–Trinajstić information content (AvgIpc) is 2.67. The number of hydrogen-bond acceptors (Lipinski definition) is 7. The van der Waals surface area contributed by atoms with Gasteiger partial charge in [0.25, 0.3) is 0 Å². The summed E-state index contributed by atoms with van der Waals surface area (Å²) in [6, 6.07) is 5.88. The van der Waals surface area contributed by atoms with Crippen molar-refractivity contribution in [1.82, 2.24) is 19.9 Å². The summed E-state index contributed by atoms with van der Waals surface area (Å²) in [5, 5.41) is 3.26. The Kier molecular flexibility index (Phi) is 5.83. The van der Waals surface area contributed by atoms with Crippen molar-refractivity contribution >= 4 is 17.9 Å². The van der Waals surface area contributed by atoms with E-state index in [1.807, 2.05) is 32.0 Å². The van der Waals surface area contributed by atoms with Crippen LogP contribution in [-0.2, 0) is 11.3 Å². The summed E-state index contributed by atoms with van der Waals surface area (Å²) < 4.78 is 5.06. The molecule has 0 aliphatic carbocycles. The summed E-state index contributed by atoms with van der Waals surface area (Å²) in [6.07, 6.45) is 3.29. The number of carbonyl (C=O) groups excluding carboxylic acids is 1. The maximum atomic E-state index is 11.8. The smallest absolute Gasteiger partial charge is 0.409 e. The van der Waals surface area contributed by atoms with Gasteiger partial charge >= 0.3 is 6.09 Å². The van der Waals surface area contributed by atoms with E-state index in [1.54, 1.807) is 17.3 Å². The Morgan fingerprint density at radius 3 is 2.62 bits per heavy atom. The molecule has 0 spiro atoms. The summed E-state index contributed by atoms with van der Waals surface area (Å²) in [4.78, 5) is 28.8. The Hall–Kier alpha value is -2.90. The van der Waals surface area contributed by atoms with Gasteiger partial charge in [0.2, 0.25) is 5.95 Å². The summed E-state index contributed by atoms with van der Waals surface area (Å²) in [5.74, 6) is 1.47. The van der Waals surface area contributed by atoms with Crippen molar-refractivity contribution in [3.8, 4) is 0 Å². The second-order valence-electron chi connectivity index (χ2n) is 6.07. The van der Waals surface area contributed by atoms with Crippen LogP contribution >= 0.6 is 0 Å². The summed E-state index contributed by atoms with van der Waals surface area (Å²) >= 11 is 0. The Balaban J connectivity index is 1.62. The number of rotatable bonds is 5. The first-order valence-corrected chi connectivity index (χ1v) is 8.81. The lowest BCUT2D eigenvalue weighted by atomic mass is 10.3.